The fraction of sp³-hybridized carbons (Fsp3) is 0.333. The number of anilines is 1. The lowest BCUT2D eigenvalue weighted by atomic mass is 10.1. The molecule has 3 rings (SSSR count). The first kappa shape index (κ1) is 20.6. The van der Waals surface area contributed by atoms with E-state index in [9.17, 15) is 9.59 Å². The van der Waals surface area contributed by atoms with Crippen LogP contribution in [0.25, 0.3) is 0 Å². The van der Waals surface area contributed by atoms with Crippen molar-refractivity contribution in [3.8, 4) is 0 Å². The molecule has 1 aliphatic rings. The molecule has 5 nitrogen and oxygen atoms in total. The third-order valence-corrected chi connectivity index (χ3v) is 5.39. The lowest BCUT2D eigenvalue weighted by Crippen LogP contribution is -3.15. The van der Waals surface area contributed by atoms with E-state index in [4.69, 9.17) is 23.2 Å². The zero-order valence-electron chi connectivity index (χ0n) is 15.8. The highest BCUT2D eigenvalue weighted by atomic mass is 35.5. The van der Waals surface area contributed by atoms with Gasteiger partial charge in [0.2, 0.25) is 0 Å². The first-order chi connectivity index (χ1) is 13.5. The van der Waals surface area contributed by atoms with Crippen molar-refractivity contribution in [3.05, 3.63) is 63.6 Å². The molecular weight excluding hydrogens is 397 g/mol. The minimum atomic E-state index is -0.0789. The van der Waals surface area contributed by atoms with Crippen LogP contribution in [0, 0.1) is 0 Å². The largest absolute Gasteiger partial charge is 0.327 e. The SMILES string of the molecule is CCc1ccccc1NC(=O)C[NH+]1CCN(C(=O)c2cc(Cl)cc(Cl)c2)CC1. The van der Waals surface area contributed by atoms with Gasteiger partial charge in [-0.1, -0.05) is 48.3 Å². The Kier molecular flexibility index (Phi) is 6.94. The van der Waals surface area contributed by atoms with Crippen LogP contribution in [0.4, 0.5) is 5.69 Å². The highest BCUT2D eigenvalue weighted by Gasteiger charge is 2.26. The molecular formula is C21H24Cl2N3O2+. The summed E-state index contributed by atoms with van der Waals surface area (Å²) in [6.07, 6.45) is 0.873. The van der Waals surface area contributed by atoms with E-state index in [1.807, 2.05) is 24.3 Å². The van der Waals surface area contributed by atoms with Crippen LogP contribution >= 0.6 is 23.2 Å². The number of aryl methyl sites for hydroxylation is 1. The van der Waals surface area contributed by atoms with Crippen LogP contribution in [-0.4, -0.2) is 49.4 Å². The van der Waals surface area contributed by atoms with Gasteiger partial charge >= 0.3 is 0 Å². The van der Waals surface area contributed by atoms with Crippen LogP contribution < -0.4 is 10.2 Å². The van der Waals surface area contributed by atoms with Crippen LogP contribution in [0.2, 0.25) is 10.0 Å². The van der Waals surface area contributed by atoms with Crippen molar-refractivity contribution in [2.75, 3.05) is 38.0 Å². The van der Waals surface area contributed by atoms with Gasteiger partial charge in [0.15, 0.2) is 6.54 Å². The van der Waals surface area contributed by atoms with Crippen molar-refractivity contribution in [1.29, 1.82) is 0 Å². The second kappa shape index (κ2) is 9.41. The monoisotopic (exact) mass is 420 g/mol. The first-order valence-electron chi connectivity index (χ1n) is 9.43. The molecule has 2 aromatic rings. The molecule has 0 aliphatic carbocycles. The predicted octanol–water partition coefficient (Wildman–Crippen LogP) is 2.54. The van der Waals surface area contributed by atoms with E-state index >= 15 is 0 Å². The summed E-state index contributed by atoms with van der Waals surface area (Å²) >= 11 is 12.0. The normalized spacial score (nSPS) is 14.8. The van der Waals surface area contributed by atoms with Gasteiger partial charge in [-0.15, -0.1) is 0 Å². The summed E-state index contributed by atoms with van der Waals surface area (Å²) in [7, 11) is 0. The molecule has 1 fully saturated rings. The topological polar surface area (TPSA) is 53.9 Å². The number of quaternary nitrogens is 1. The minimum absolute atomic E-state index is 0.00250. The van der Waals surface area contributed by atoms with Crippen LogP contribution in [0.15, 0.2) is 42.5 Å². The number of benzene rings is 2. The van der Waals surface area contributed by atoms with E-state index in [0.717, 1.165) is 30.8 Å². The van der Waals surface area contributed by atoms with E-state index in [0.29, 0.717) is 35.2 Å². The van der Waals surface area contributed by atoms with E-state index in [2.05, 4.69) is 12.2 Å². The van der Waals surface area contributed by atoms with E-state index in [1.54, 1.807) is 23.1 Å². The van der Waals surface area contributed by atoms with Crippen molar-refractivity contribution in [2.24, 2.45) is 0 Å². The summed E-state index contributed by atoms with van der Waals surface area (Å²) in [6.45, 7) is 5.10. The number of halogens is 2. The Labute approximate surface area is 175 Å². The van der Waals surface area contributed by atoms with Gasteiger partial charge in [-0.25, -0.2) is 0 Å². The molecule has 2 N–H and O–H groups in total. The zero-order chi connectivity index (χ0) is 20.1. The van der Waals surface area contributed by atoms with E-state index in [-0.39, 0.29) is 11.8 Å². The third kappa shape index (κ3) is 5.25. The summed E-state index contributed by atoms with van der Waals surface area (Å²) in [5, 5.41) is 3.91. The zero-order valence-corrected chi connectivity index (χ0v) is 17.3. The molecule has 2 amide bonds. The number of hydrogen-bond donors (Lipinski definition) is 2. The Morgan fingerprint density at radius 2 is 1.71 bits per heavy atom. The average Bonchev–Trinajstić information content (AvgIpc) is 2.67. The number of carbonyl (C=O) groups excluding carboxylic acids is 2. The van der Waals surface area contributed by atoms with Crippen molar-refractivity contribution >= 4 is 40.7 Å². The Balaban J connectivity index is 1.52. The molecule has 7 heteroatoms. The van der Waals surface area contributed by atoms with Crippen LogP contribution in [-0.2, 0) is 11.2 Å². The van der Waals surface area contributed by atoms with Crippen LogP contribution in [0.3, 0.4) is 0 Å². The Morgan fingerprint density at radius 3 is 2.36 bits per heavy atom. The van der Waals surface area contributed by atoms with Gasteiger partial charge in [-0.3, -0.25) is 9.59 Å². The number of rotatable bonds is 5. The molecule has 0 spiro atoms. The maximum atomic E-state index is 12.7. The maximum absolute atomic E-state index is 12.7. The number of piperazine rings is 1. The van der Waals surface area contributed by atoms with E-state index in [1.165, 1.54) is 4.90 Å². The molecule has 0 bridgehead atoms. The van der Waals surface area contributed by atoms with Gasteiger partial charge in [0.05, 0.1) is 26.2 Å². The average molecular weight is 421 g/mol. The first-order valence-corrected chi connectivity index (χ1v) is 10.2. The second-order valence-corrected chi connectivity index (χ2v) is 7.81. The third-order valence-electron chi connectivity index (χ3n) is 4.95. The van der Waals surface area contributed by atoms with Crippen molar-refractivity contribution in [3.63, 3.8) is 0 Å². The molecule has 0 aromatic heterocycles. The number of hydrogen-bond acceptors (Lipinski definition) is 2. The number of carbonyl (C=O) groups is 2. The molecule has 0 radical (unpaired) electrons. The maximum Gasteiger partial charge on any atom is 0.279 e. The second-order valence-electron chi connectivity index (χ2n) is 6.94. The van der Waals surface area contributed by atoms with Gasteiger partial charge in [0.25, 0.3) is 11.8 Å². The fourth-order valence-corrected chi connectivity index (χ4v) is 3.96. The fourth-order valence-electron chi connectivity index (χ4n) is 3.43. The summed E-state index contributed by atoms with van der Waals surface area (Å²) in [5.41, 5.74) is 2.50. The number of nitrogens with one attached hydrogen (secondary N) is 2. The molecule has 1 aliphatic heterocycles. The molecule has 0 atom stereocenters. The van der Waals surface area contributed by atoms with Crippen molar-refractivity contribution in [2.45, 2.75) is 13.3 Å². The van der Waals surface area contributed by atoms with Crippen molar-refractivity contribution in [1.82, 2.24) is 4.90 Å². The Bertz CT molecular complexity index is 844. The molecule has 1 saturated heterocycles. The molecule has 148 valence electrons. The summed E-state index contributed by atoms with van der Waals surface area (Å²) < 4.78 is 0. The predicted molar refractivity (Wildman–Crippen MR) is 112 cm³/mol. The van der Waals surface area contributed by atoms with Crippen LogP contribution in [0.1, 0.15) is 22.8 Å². The number of nitrogens with zero attached hydrogens (tertiary/aromatic N) is 1. The summed E-state index contributed by atoms with van der Waals surface area (Å²) in [5.74, 6) is -0.0814. The number of amides is 2. The molecule has 28 heavy (non-hydrogen) atoms. The highest BCUT2D eigenvalue weighted by molar-refractivity contribution is 6.35. The molecule has 2 aromatic carbocycles. The smallest absolute Gasteiger partial charge is 0.279 e. The molecule has 0 unspecified atom stereocenters. The Morgan fingerprint density at radius 1 is 1.07 bits per heavy atom. The highest BCUT2D eigenvalue weighted by Crippen LogP contribution is 2.20. The minimum Gasteiger partial charge on any atom is -0.327 e. The summed E-state index contributed by atoms with van der Waals surface area (Å²) in [4.78, 5) is 28.0. The van der Waals surface area contributed by atoms with Crippen LogP contribution in [0.5, 0.6) is 0 Å². The molecule has 0 saturated carbocycles. The van der Waals surface area contributed by atoms with Crippen molar-refractivity contribution < 1.29 is 14.5 Å². The van der Waals surface area contributed by atoms with Gasteiger partial charge in [0, 0.05) is 21.3 Å². The van der Waals surface area contributed by atoms with Gasteiger partial charge in [0.1, 0.15) is 0 Å². The molecule has 1 heterocycles. The Hall–Kier alpha value is -2.08. The lowest BCUT2D eigenvalue weighted by molar-refractivity contribution is -0.895. The summed E-state index contributed by atoms with van der Waals surface area (Å²) in [6, 6.07) is 12.7. The van der Waals surface area contributed by atoms with E-state index < -0.39 is 0 Å². The van der Waals surface area contributed by atoms with Gasteiger partial charge < -0.3 is 15.1 Å². The number of para-hydroxylation sites is 1. The lowest BCUT2D eigenvalue weighted by Gasteiger charge is -2.32. The van der Waals surface area contributed by atoms with Gasteiger partial charge in [-0.05, 0) is 36.2 Å². The quantitative estimate of drug-likeness (QED) is 0.780. The van der Waals surface area contributed by atoms with Gasteiger partial charge in [-0.2, -0.15) is 0 Å². The standard InChI is InChI=1S/C21H23Cl2N3O2/c1-2-15-5-3-4-6-19(15)24-20(27)14-25-7-9-26(10-8-25)21(28)16-11-17(22)13-18(23)12-16/h3-6,11-13H,2,7-10,14H2,1H3,(H,24,27)/p+1.